The SMILES string of the molecule is CC(C)(N)Cc1ccc(O)c2c1CCCC2. The van der Waals surface area contributed by atoms with Crippen LogP contribution >= 0.6 is 0 Å². The standard InChI is InChI=1S/C14H21NO/c1-14(2,15)9-10-7-8-13(16)12-6-4-3-5-11(10)12/h7-8,16H,3-6,9,15H2,1-2H3. The summed E-state index contributed by atoms with van der Waals surface area (Å²) in [5.41, 5.74) is 9.73. The number of aromatic hydroxyl groups is 1. The molecule has 88 valence electrons. The van der Waals surface area contributed by atoms with E-state index in [9.17, 15) is 5.11 Å². The fourth-order valence-electron chi connectivity index (χ4n) is 2.58. The topological polar surface area (TPSA) is 46.2 Å². The Balaban J connectivity index is 2.39. The van der Waals surface area contributed by atoms with Crippen molar-refractivity contribution in [3.05, 3.63) is 28.8 Å². The van der Waals surface area contributed by atoms with E-state index in [-0.39, 0.29) is 5.54 Å². The first kappa shape index (κ1) is 11.5. The minimum Gasteiger partial charge on any atom is -0.508 e. The number of hydrogen-bond acceptors (Lipinski definition) is 2. The first-order valence-electron chi connectivity index (χ1n) is 6.09. The molecule has 2 nitrogen and oxygen atoms in total. The van der Waals surface area contributed by atoms with Crippen molar-refractivity contribution in [2.75, 3.05) is 0 Å². The lowest BCUT2D eigenvalue weighted by Gasteiger charge is -2.25. The monoisotopic (exact) mass is 219 g/mol. The highest BCUT2D eigenvalue weighted by Crippen LogP contribution is 2.32. The van der Waals surface area contributed by atoms with Crippen molar-refractivity contribution in [3.63, 3.8) is 0 Å². The van der Waals surface area contributed by atoms with Gasteiger partial charge in [-0.3, -0.25) is 0 Å². The molecule has 1 aromatic rings. The molecule has 1 aliphatic rings. The Morgan fingerprint density at radius 3 is 2.44 bits per heavy atom. The van der Waals surface area contributed by atoms with Crippen molar-refractivity contribution in [3.8, 4) is 5.75 Å². The molecule has 0 radical (unpaired) electrons. The number of rotatable bonds is 2. The zero-order valence-electron chi connectivity index (χ0n) is 10.2. The smallest absolute Gasteiger partial charge is 0.119 e. The van der Waals surface area contributed by atoms with Crippen LogP contribution in [0, 0.1) is 0 Å². The van der Waals surface area contributed by atoms with Crippen molar-refractivity contribution in [1.82, 2.24) is 0 Å². The number of nitrogens with two attached hydrogens (primary N) is 1. The lowest BCUT2D eigenvalue weighted by Crippen LogP contribution is -2.35. The fraction of sp³-hybridized carbons (Fsp3) is 0.571. The number of phenols is 1. The molecule has 0 spiro atoms. The summed E-state index contributed by atoms with van der Waals surface area (Å²) in [6.07, 6.45) is 5.41. The van der Waals surface area contributed by atoms with Crippen LogP contribution in [0.4, 0.5) is 0 Å². The molecular weight excluding hydrogens is 198 g/mol. The molecule has 0 amide bonds. The van der Waals surface area contributed by atoms with Crippen molar-refractivity contribution >= 4 is 0 Å². The molecule has 0 unspecified atom stereocenters. The van der Waals surface area contributed by atoms with Gasteiger partial charge in [0.1, 0.15) is 5.75 Å². The Hall–Kier alpha value is -1.02. The van der Waals surface area contributed by atoms with Crippen LogP contribution in [0.3, 0.4) is 0 Å². The minimum absolute atomic E-state index is 0.178. The Labute approximate surface area is 97.5 Å². The lowest BCUT2D eigenvalue weighted by molar-refractivity contribution is 0.458. The summed E-state index contributed by atoms with van der Waals surface area (Å²) in [6.45, 7) is 4.10. The highest BCUT2D eigenvalue weighted by molar-refractivity contribution is 5.46. The molecule has 0 aliphatic heterocycles. The summed E-state index contributed by atoms with van der Waals surface area (Å²) < 4.78 is 0. The molecule has 2 rings (SSSR count). The summed E-state index contributed by atoms with van der Waals surface area (Å²) >= 11 is 0. The third-order valence-electron chi connectivity index (χ3n) is 3.25. The second-order valence-electron chi connectivity index (χ2n) is 5.57. The molecule has 0 aromatic heterocycles. The molecule has 1 aliphatic carbocycles. The van der Waals surface area contributed by atoms with Crippen molar-refractivity contribution in [2.24, 2.45) is 5.73 Å². The van der Waals surface area contributed by atoms with Gasteiger partial charge in [0.25, 0.3) is 0 Å². The maximum Gasteiger partial charge on any atom is 0.119 e. The molecule has 0 heterocycles. The minimum atomic E-state index is -0.178. The average Bonchev–Trinajstić information content (AvgIpc) is 2.21. The summed E-state index contributed by atoms with van der Waals surface area (Å²) in [4.78, 5) is 0. The molecule has 2 heteroatoms. The molecule has 0 fully saturated rings. The van der Waals surface area contributed by atoms with E-state index in [1.165, 1.54) is 24.0 Å². The van der Waals surface area contributed by atoms with Crippen LogP contribution in [-0.2, 0) is 19.3 Å². The molecule has 0 bridgehead atoms. The lowest BCUT2D eigenvalue weighted by atomic mass is 9.83. The molecule has 3 N–H and O–H groups in total. The van der Waals surface area contributed by atoms with E-state index in [4.69, 9.17) is 5.73 Å². The van der Waals surface area contributed by atoms with E-state index in [0.29, 0.717) is 5.75 Å². The molecule has 0 atom stereocenters. The van der Waals surface area contributed by atoms with Crippen LogP contribution in [0.25, 0.3) is 0 Å². The number of hydrogen-bond donors (Lipinski definition) is 2. The van der Waals surface area contributed by atoms with Gasteiger partial charge in [0.05, 0.1) is 0 Å². The third-order valence-corrected chi connectivity index (χ3v) is 3.25. The molecule has 0 saturated carbocycles. The second kappa shape index (κ2) is 4.10. The third kappa shape index (κ3) is 2.38. The van der Waals surface area contributed by atoms with Gasteiger partial charge in [-0.15, -0.1) is 0 Å². The summed E-state index contributed by atoms with van der Waals surface area (Å²) in [5.74, 6) is 0.466. The van der Waals surface area contributed by atoms with E-state index in [1.807, 2.05) is 12.1 Å². The Morgan fingerprint density at radius 1 is 1.19 bits per heavy atom. The van der Waals surface area contributed by atoms with Crippen molar-refractivity contribution in [2.45, 2.75) is 51.5 Å². The number of benzene rings is 1. The first-order chi connectivity index (χ1) is 7.47. The van der Waals surface area contributed by atoms with Crippen LogP contribution in [0.5, 0.6) is 5.75 Å². The van der Waals surface area contributed by atoms with Gasteiger partial charge in [-0.1, -0.05) is 6.07 Å². The number of fused-ring (bicyclic) bond motifs is 1. The first-order valence-corrected chi connectivity index (χ1v) is 6.09. The maximum absolute atomic E-state index is 9.85. The largest absolute Gasteiger partial charge is 0.508 e. The van der Waals surface area contributed by atoms with Crippen LogP contribution in [0.15, 0.2) is 12.1 Å². The average molecular weight is 219 g/mol. The summed E-state index contributed by atoms with van der Waals surface area (Å²) in [5, 5.41) is 9.85. The summed E-state index contributed by atoms with van der Waals surface area (Å²) in [6, 6.07) is 3.86. The predicted octanol–water partition coefficient (Wildman–Crippen LogP) is 2.55. The van der Waals surface area contributed by atoms with Gasteiger partial charge in [0.2, 0.25) is 0 Å². The van der Waals surface area contributed by atoms with Gasteiger partial charge >= 0.3 is 0 Å². The van der Waals surface area contributed by atoms with E-state index in [2.05, 4.69) is 13.8 Å². The van der Waals surface area contributed by atoms with Crippen LogP contribution in [-0.4, -0.2) is 10.6 Å². The van der Waals surface area contributed by atoms with Gasteiger partial charge in [0.15, 0.2) is 0 Å². The van der Waals surface area contributed by atoms with E-state index >= 15 is 0 Å². The molecular formula is C14H21NO. The van der Waals surface area contributed by atoms with Gasteiger partial charge in [0, 0.05) is 5.54 Å². The Bertz CT molecular complexity index is 390. The van der Waals surface area contributed by atoms with Crippen LogP contribution in [0.2, 0.25) is 0 Å². The van der Waals surface area contributed by atoms with E-state index in [0.717, 1.165) is 24.8 Å². The maximum atomic E-state index is 9.85. The number of phenolic OH excluding ortho intramolecular Hbond substituents is 1. The normalized spacial score (nSPS) is 15.9. The zero-order chi connectivity index (χ0) is 11.8. The van der Waals surface area contributed by atoms with Gasteiger partial charge in [-0.05, 0) is 68.7 Å². The molecule has 1 aromatic carbocycles. The van der Waals surface area contributed by atoms with Gasteiger partial charge in [-0.2, -0.15) is 0 Å². The predicted molar refractivity (Wildman–Crippen MR) is 66.7 cm³/mol. The highest BCUT2D eigenvalue weighted by Gasteiger charge is 2.20. The van der Waals surface area contributed by atoms with Gasteiger partial charge in [-0.25, -0.2) is 0 Å². The Morgan fingerprint density at radius 2 is 1.81 bits per heavy atom. The zero-order valence-corrected chi connectivity index (χ0v) is 10.2. The second-order valence-corrected chi connectivity index (χ2v) is 5.57. The van der Waals surface area contributed by atoms with Crippen LogP contribution < -0.4 is 5.73 Å². The Kier molecular flexibility index (Phi) is 2.94. The summed E-state index contributed by atoms with van der Waals surface area (Å²) in [7, 11) is 0. The highest BCUT2D eigenvalue weighted by atomic mass is 16.3. The van der Waals surface area contributed by atoms with E-state index < -0.39 is 0 Å². The van der Waals surface area contributed by atoms with Crippen molar-refractivity contribution < 1.29 is 5.11 Å². The van der Waals surface area contributed by atoms with Crippen molar-refractivity contribution in [1.29, 1.82) is 0 Å². The molecule has 0 saturated heterocycles. The molecule has 16 heavy (non-hydrogen) atoms. The van der Waals surface area contributed by atoms with E-state index in [1.54, 1.807) is 0 Å². The van der Waals surface area contributed by atoms with Crippen LogP contribution in [0.1, 0.15) is 43.4 Å². The fourth-order valence-corrected chi connectivity index (χ4v) is 2.58. The van der Waals surface area contributed by atoms with Gasteiger partial charge < -0.3 is 10.8 Å². The quantitative estimate of drug-likeness (QED) is 0.803.